The molecule has 1 aromatic heterocycles. The fourth-order valence-corrected chi connectivity index (χ4v) is 3.82. The lowest BCUT2D eigenvalue weighted by Gasteiger charge is -2.23. The topological polar surface area (TPSA) is 69.5 Å². The van der Waals surface area contributed by atoms with Crippen LogP contribution in [0.25, 0.3) is 0 Å². The van der Waals surface area contributed by atoms with Gasteiger partial charge in [-0.1, -0.05) is 35.5 Å². The first-order valence-corrected chi connectivity index (χ1v) is 10.4. The van der Waals surface area contributed by atoms with Gasteiger partial charge in [0.15, 0.2) is 0 Å². The molecule has 1 amide bonds. The Labute approximate surface area is 183 Å². The molecule has 2 heterocycles. The smallest absolute Gasteiger partial charge is 0.236 e. The van der Waals surface area contributed by atoms with Crippen molar-refractivity contribution in [2.75, 3.05) is 9.72 Å². The van der Waals surface area contributed by atoms with Crippen molar-refractivity contribution in [3.63, 3.8) is 0 Å². The van der Waals surface area contributed by atoms with Crippen molar-refractivity contribution < 1.29 is 14.3 Å². The van der Waals surface area contributed by atoms with Crippen molar-refractivity contribution >= 4 is 34.5 Å². The Kier molecular flexibility index (Phi) is 6.40. The molecule has 0 bridgehead atoms. The molecule has 0 saturated carbocycles. The fourth-order valence-electron chi connectivity index (χ4n) is 3.11. The summed E-state index contributed by atoms with van der Waals surface area (Å²) in [5.74, 6) is 0.903. The van der Waals surface area contributed by atoms with E-state index in [1.54, 1.807) is 7.80 Å². The summed E-state index contributed by atoms with van der Waals surface area (Å²) in [5, 5.41) is 8.28. The van der Waals surface area contributed by atoms with Crippen molar-refractivity contribution in [3.05, 3.63) is 71.5 Å². The Morgan fingerprint density at radius 1 is 1.07 bits per heavy atom. The Morgan fingerprint density at radius 2 is 1.93 bits per heavy atom. The first-order chi connectivity index (χ1) is 14.2. The predicted octanol–water partition coefficient (Wildman–Crippen LogP) is 3.70. The van der Waals surface area contributed by atoms with Gasteiger partial charge in [-0.05, 0) is 35.7 Å². The van der Waals surface area contributed by atoms with Crippen LogP contribution >= 0.6 is 22.9 Å². The third kappa shape index (κ3) is 5.13. The SMILES string of the molecule is O=C1CCc2cc(OCc3cn(CCOCc4ccccc4)nn3)ccc2N1I. The van der Waals surface area contributed by atoms with Gasteiger partial charge in [0.25, 0.3) is 0 Å². The molecule has 0 N–H and O–H groups in total. The summed E-state index contributed by atoms with van der Waals surface area (Å²) in [6.07, 6.45) is 3.14. The largest absolute Gasteiger partial charge is 0.487 e. The van der Waals surface area contributed by atoms with Crippen molar-refractivity contribution in [2.45, 2.75) is 32.6 Å². The number of carbonyl (C=O) groups excluding carboxylic acids is 1. The molecule has 0 aliphatic carbocycles. The Bertz CT molecular complexity index is 977. The molecule has 1 aliphatic rings. The van der Waals surface area contributed by atoms with Crippen LogP contribution in [0.3, 0.4) is 0 Å². The van der Waals surface area contributed by atoms with Crippen LogP contribution in [0.5, 0.6) is 5.75 Å². The van der Waals surface area contributed by atoms with E-state index in [4.69, 9.17) is 9.47 Å². The van der Waals surface area contributed by atoms with E-state index >= 15 is 0 Å². The minimum atomic E-state index is 0.135. The van der Waals surface area contributed by atoms with Gasteiger partial charge in [-0.25, -0.2) is 4.68 Å². The van der Waals surface area contributed by atoms with E-state index in [0.29, 0.717) is 32.8 Å². The average Bonchev–Trinajstić information content (AvgIpc) is 3.21. The van der Waals surface area contributed by atoms with E-state index in [-0.39, 0.29) is 5.91 Å². The molecular formula is C21H21IN4O3. The van der Waals surface area contributed by atoms with Gasteiger partial charge in [0.2, 0.25) is 5.91 Å². The number of halogens is 1. The third-order valence-electron chi connectivity index (χ3n) is 4.64. The van der Waals surface area contributed by atoms with Crippen LogP contribution in [-0.4, -0.2) is 27.5 Å². The van der Waals surface area contributed by atoms with Gasteiger partial charge < -0.3 is 9.47 Å². The number of fused-ring (bicyclic) bond motifs is 1. The molecule has 7 nitrogen and oxygen atoms in total. The molecule has 2 aromatic carbocycles. The summed E-state index contributed by atoms with van der Waals surface area (Å²) in [5.41, 5.74) is 3.98. The maximum Gasteiger partial charge on any atom is 0.236 e. The highest BCUT2D eigenvalue weighted by atomic mass is 127. The second kappa shape index (κ2) is 9.36. The van der Waals surface area contributed by atoms with Gasteiger partial charge in [0, 0.05) is 6.42 Å². The van der Waals surface area contributed by atoms with Crippen molar-refractivity contribution in [3.8, 4) is 5.75 Å². The summed E-state index contributed by atoms with van der Waals surface area (Å²) in [6, 6.07) is 15.9. The molecule has 0 spiro atoms. The number of hydrogen-bond acceptors (Lipinski definition) is 5. The maximum atomic E-state index is 11.8. The van der Waals surface area contributed by atoms with E-state index in [0.717, 1.165) is 34.7 Å². The van der Waals surface area contributed by atoms with Gasteiger partial charge >= 0.3 is 0 Å². The first kappa shape index (κ1) is 19.8. The zero-order chi connectivity index (χ0) is 20.1. The zero-order valence-electron chi connectivity index (χ0n) is 15.8. The summed E-state index contributed by atoms with van der Waals surface area (Å²) in [4.78, 5) is 11.8. The molecule has 29 heavy (non-hydrogen) atoms. The molecular weight excluding hydrogens is 483 g/mol. The Morgan fingerprint density at radius 3 is 2.79 bits per heavy atom. The third-order valence-corrected chi connectivity index (χ3v) is 5.70. The number of carbonyl (C=O) groups is 1. The highest BCUT2D eigenvalue weighted by Crippen LogP contribution is 2.33. The first-order valence-electron chi connectivity index (χ1n) is 9.44. The summed E-state index contributed by atoms with van der Waals surface area (Å²) in [7, 11) is 0. The van der Waals surface area contributed by atoms with Gasteiger partial charge in [0.05, 0.1) is 54.5 Å². The lowest BCUT2D eigenvalue weighted by atomic mass is 10.0. The predicted molar refractivity (Wildman–Crippen MR) is 117 cm³/mol. The fraction of sp³-hybridized carbons (Fsp3) is 0.286. The molecule has 3 aromatic rings. The highest BCUT2D eigenvalue weighted by Gasteiger charge is 2.22. The summed E-state index contributed by atoms with van der Waals surface area (Å²) in [6.45, 7) is 2.13. The highest BCUT2D eigenvalue weighted by molar-refractivity contribution is 14.1. The quantitative estimate of drug-likeness (QED) is 0.266. The second-order valence-electron chi connectivity index (χ2n) is 6.76. The van der Waals surface area contributed by atoms with E-state index < -0.39 is 0 Å². The van der Waals surface area contributed by atoms with Crippen LogP contribution in [0.1, 0.15) is 23.2 Å². The summed E-state index contributed by atoms with van der Waals surface area (Å²) >= 11 is 2.05. The number of ether oxygens (including phenoxy) is 2. The van der Waals surface area contributed by atoms with E-state index in [1.807, 2.05) is 77.6 Å². The van der Waals surface area contributed by atoms with Crippen molar-refractivity contribution in [1.82, 2.24) is 15.0 Å². The monoisotopic (exact) mass is 504 g/mol. The van der Waals surface area contributed by atoms with Gasteiger partial charge in [-0.15, -0.1) is 5.10 Å². The molecule has 4 rings (SSSR count). The summed E-state index contributed by atoms with van der Waals surface area (Å²) < 4.78 is 15.0. The van der Waals surface area contributed by atoms with Crippen LogP contribution in [0.2, 0.25) is 0 Å². The van der Waals surface area contributed by atoms with E-state index in [2.05, 4.69) is 10.3 Å². The minimum Gasteiger partial charge on any atom is -0.487 e. The van der Waals surface area contributed by atoms with Crippen LogP contribution in [-0.2, 0) is 35.7 Å². The number of aryl methyl sites for hydroxylation is 1. The van der Waals surface area contributed by atoms with E-state index in [1.165, 1.54) is 0 Å². The Hall–Kier alpha value is -2.46. The maximum absolute atomic E-state index is 11.8. The average molecular weight is 504 g/mol. The lowest BCUT2D eigenvalue weighted by Crippen LogP contribution is -2.25. The number of rotatable bonds is 8. The minimum absolute atomic E-state index is 0.135. The molecule has 0 radical (unpaired) electrons. The molecule has 8 heteroatoms. The van der Waals surface area contributed by atoms with Gasteiger partial charge in [-0.2, -0.15) is 0 Å². The molecule has 0 atom stereocenters. The van der Waals surface area contributed by atoms with Crippen molar-refractivity contribution in [2.24, 2.45) is 0 Å². The van der Waals surface area contributed by atoms with Crippen LogP contribution in [0.15, 0.2) is 54.7 Å². The van der Waals surface area contributed by atoms with Crippen LogP contribution in [0, 0.1) is 0 Å². The number of hydrogen-bond donors (Lipinski definition) is 0. The number of aromatic nitrogens is 3. The molecule has 150 valence electrons. The second-order valence-corrected chi connectivity index (χ2v) is 7.73. The normalized spacial score (nSPS) is 13.4. The van der Waals surface area contributed by atoms with Crippen LogP contribution in [0.4, 0.5) is 5.69 Å². The molecule has 1 aliphatic heterocycles. The van der Waals surface area contributed by atoms with Gasteiger partial charge in [-0.3, -0.25) is 7.91 Å². The van der Waals surface area contributed by atoms with Crippen LogP contribution < -0.4 is 7.85 Å². The van der Waals surface area contributed by atoms with E-state index in [9.17, 15) is 4.79 Å². The lowest BCUT2D eigenvalue weighted by molar-refractivity contribution is -0.117. The zero-order valence-corrected chi connectivity index (χ0v) is 18.0. The number of nitrogens with zero attached hydrogens (tertiary/aromatic N) is 4. The molecule has 0 fully saturated rings. The standard InChI is InChI=1S/C21H21IN4O3/c22-26-20-8-7-19(12-17(20)6-9-21(26)27)29-15-18-13-25(24-23-18)10-11-28-14-16-4-2-1-3-5-16/h1-5,7-8,12-13H,6,9-11,14-15H2. The Balaban J connectivity index is 1.25. The van der Waals surface area contributed by atoms with Crippen molar-refractivity contribution in [1.29, 1.82) is 0 Å². The van der Waals surface area contributed by atoms with Gasteiger partial charge in [0.1, 0.15) is 18.1 Å². The molecule has 0 saturated heterocycles. The number of benzene rings is 2. The number of amides is 1. The number of anilines is 1. The molecule has 0 unspecified atom stereocenters.